The van der Waals surface area contributed by atoms with Gasteiger partial charge in [-0.05, 0) is 43.6 Å². The fourth-order valence-corrected chi connectivity index (χ4v) is 3.62. The number of likely N-dealkylation sites (tertiary alicyclic amines) is 1. The number of hydrogen-bond donors (Lipinski definition) is 4. The lowest BCUT2D eigenvalue weighted by molar-refractivity contribution is -0.142. The fourth-order valence-electron chi connectivity index (χ4n) is 3.15. The Morgan fingerprint density at radius 2 is 1.96 bits per heavy atom. The monoisotopic (exact) mass is 416 g/mol. The number of carboxylic acids is 1. The summed E-state index contributed by atoms with van der Waals surface area (Å²) in [5.41, 5.74) is 5.96. The average molecular weight is 417 g/mol. The number of nitrogens with one attached hydrogen (secondary N) is 2. The summed E-state index contributed by atoms with van der Waals surface area (Å²) in [5, 5.41) is 14.1. The average Bonchev–Trinajstić information content (AvgIpc) is 3.11. The first-order valence-electron chi connectivity index (χ1n) is 9.52. The summed E-state index contributed by atoms with van der Waals surface area (Å²) >= 11 is 1.49. The van der Waals surface area contributed by atoms with Crippen molar-refractivity contribution in [3.8, 4) is 0 Å². The van der Waals surface area contributed by atoms with Crippen molar-refractivity contribution < 1.29 is 24.3 Å². The number of hydrogen-bond acceptors (Lipinski definition) is 6. The second kappa shape index (κ2) is 11.9. The molecule has 1 rings (SSSR count). The predicted octanol–water partition coefficient (Wildman–Crippen LogP) is -0.210. The molecule has 0 aliphatic carbocycles. The lowest BCUT2D eigenvalue weighted by Gasteiger charge is -2.27. The van der Waals surface area contributed by atoms with E-state index in [0.717, 1.165) is 0 Å². The van der Waals surface area contributed by atoms with Crippen molar-refractivity contribution in [1.29, 1.82) is 0 Å². The van der Waals surface area contributed by atoms with Gasteiger partial charge in [0.25, 0.3) is 0 Å². The van der Waals surface area contributed by atoms with Gasteiger partial charge in [-0.2, -0.15) is 11.8 Å². The van der Waals surface area contributed by atoms with Crippen molar-refractivity contribution in [2.75, 3.05) is 25.1 Å². The lowest BCUT2D eigenvalue weighted by Crippen LogP contribution is -2.53. The normalized spacial score (nSPS) is 18.6. The number of carbonyl (C=O) groups excluding carboxylic acids is 3. The zero-order valence-electron chi connectivity index (χ0n) is 16.8. The molecule has 0 spiro atoms. The smallest absolute Gasteiger partial charge is 0.326 e. The molecule has 3 unspecified atom stereocenters. The van der Waals surface area contributed by atoms with Gasteiger partial charge in [-0.25, -0.2) is 4.79 Å². The molecule has 160 valence electrons. The van der Waals surface area contributed by atoms with Crippen LogP contribution in [0.3, 0.4) is 0 Å². The van der Waals surface area contributed by atoms with Crippen LogP contribution in [-0.2, 0) is 19.2 Å². The molecule has 0 radical (unpaired) electrons. The van der Waals surface area contributed by atoms with E-state index in [0.29, 0.717) is 38.0 Å². The molecule has 0 aromatic carbocycles. The van der Waals surface area contributed by atoms with Crippen molar-refractivity contribution in [3.05, 3.63) is 0 Å². The highest BCUT2D eigenvalue weighted by atomic mass is 32.2. The van der Waals surface area contributed by atoms with Gasteiger partial charge in [0.05, 0.1) is 12.6 Å². The zero-order valence-corrected chi connectivity index (χ0v) is 17.6. The Hall–Kier alpha value is -1.81. The molecule has 1 aliphatic heterocycles. The molecule has 3 atom stereocenters. The Labute approximate surface area is 170 Å². The molecular formula is C18H32N4O5S. The maximum atomic E-state index is 12.5. The first-order valence-corrected chi connectivity index (χ1v) is 10.9. The third kappa shape index (κ3) is 7.67. The molecule has 10 heteroatoms. The predicted molar refractivity (Wildman–Crippen MR) is 108 cm³/mol. The van der Waals surface area contributed by atoms with Crippen LogP contribution in [-0.4, -0.2) is 76.9 Å². The molecule has 5 N–H and O–H groups in total. The Balaban J connectivity index is 2.55. The van der Waals surface area contributed by atoms with E-state index in [2.05, 4.69) is 10.6 Å². The van der Waals surface area contributed by atoms with Gasteiger partial charge in [-0.15, -0.1) is 0 Å². The van der Waals surface area contributed by atoms with Crippen molar-refractivity contribution in [2.45, 2.75) is 57.7 Å². The molecule has 1 aliphatic rings. The van der Waals surface area contributed by atoms with Crippen LogP contribution in [0.25, 0.3) is 0 Å². The van der Waals surface area contributed by atoms with Gasteiger partial charge >= 0.3 is 5.97 Å². The minimum atomic E-state index is -1.11. The molecule has 28 heavy (non-hydrogen) atoms. The SMILES string of the molecule is CSCCC(NC(=O)CNC(=O)C1CCCN1C(=O)C(N)CC(C)C)C(=O)O. The molecule has 0 aromatic heterocycles. The van der Waals surface area contributed by atoms with E-state index < -0.39 is 35.9 Å². The van der Waals surface area contributed by atoms with E-state index in [1.54, 1.807) is 0 Å². The third-order valence-corrected chi connectivity index (χ3v) is 5.19. The Morgan fingerprint density at radius 1 is 1.29 bits per heavy atom. The molecule has 0 aromatic rings. The molecule has 3 amide bonds. The van der Waals surface area contributed by atoms with E-state index >= 15 is 0 Å². The van der Waals surface area contributed by atoms with Crippen LogP contribution >= 0.6 is 11.8 Å². The number of nitrogens with zero attached hydrogens (tertiary/aromatic N) is 1. The lowest BCUT2D eigenvalue weighted by atomic mass is 10.0. The van der Waals surface area contributed by atoms with Gasteiger partial charge < -0.3 is 26.4 Å². The molecule has 9 nitrogen and oxygen atoms in total. The number of thioether (sulfide) groups is 1. The van der Waals surface area contributed by atoms with E-state index in [1.807, 2.05) is 20.1 Å². The van der Waals surface area contributed by atoms with E-state index in [1.165, 1.54) is 16.7 Å². The van der Waals surface area contributed by atoms with Crippen molar-refractivity contribution >= 4 is 35.5 Å². The van der Waals surface area contributed by atoms with Crippen molar-refractivity contribution in [1.82, 2.24) is 15.5 Å². The highest BCUT2D eigenvalue weighted by molar-refractivity contribution is 7.98. The van der Waals surface area contributed by atoms with Crippen LogP contribution in [0.5, 0.6) is 0 Å². The summed E-state index contributed by atoms with van der Waals surface area (Å²) in [5.74, 6) is -1.49. The first-order chi connectivity index (χ1) is 13.2. The maximum Gasteiger partial charge on any atom is 0.326 e. The van der Waals surface area contributed by atoms with Gasteiger partial charge in [-0.3, -0.25) is 14.4 Å². The number of aliphatic carboxylic acids is 1. The largest absolute Gasteiger partial charge is 0.480 e. The van der Waals surface area contributed by atoms with Gasteiger partial charge in [0.2, 0.25) is 17.7 Å². The second-order valence-corrected chi connectivity index (χ2v) is 8.37. The van der Waals surface area contributed by atoms with Crippen LogP contribution in [0, 0.1) is 5.92 Å². The van der Waals surface area contributed by atoms with Crippen LogP contribution in [0.15, 0.2) is 0 Å². The topological polar surface area (TPSA) is 142 Å². The number of rotatable bonds is 11. The number of carboxylic acid groups (broad SMARTS) is 1. The minimum absolute atomic E-state index is 0.251. The van der Waals surface area contributed by atoms with Crippen LogP contribution < -0.4 is 16.4 Å². The summed E-state index contributed by atoms with van der Waals surface area (Å²) in [4.78, 5) is 49.6. The highest BCUT2D eigenvalue weighted by Crippen LogP contribution is 2.19. The van der Waals surface area contributed by atoms with Crippen molar-refractivity contribution in [3.63, 3.8) is 0 Å². The second-order valence-electron chi connectivity index (χ2n) is 7.38. The zero-order chi connectivity index (χ0) is 21.3. The number of nitrogens with two attached hydrogens (primary N) is 1. The first kappa shape index (κ1) is 24.2. The van der Waals surface area contributed by atoms with Crippen molar-refractivity contribution in [2.24, 2.45) is 11.7 Å². The van der Waals surface area contributed by atoms with Crippen LogP contribution in [0.1, 0.15) is 39.5 Å². The molecule has 0 saturated carbocycles. The fraction of sp³-hybridized carbons (Fsp3) is 0.778. The standard InChI is InChI=1S/C18H32N4O5S/c1-11(2)9-12(19)17(25)22-7-4-5-14(22)16(24)20-10-15(23)21-13(18(26)27)6-8-28-3/h11-14H,4-10,19H2,1-3H3,(H,20,24)(H,21,23)(H,26,27). The Bertz CT molecular complexity index is 572. The molecule has 0 bridgehead atoms. The van der Waals surface area contributed by atoms with Gasteiger partial charge in [0.15, 0.2) is 0 Å². The molecular weight excluding hydrogens is 384 g/mol. The minimum Gasteiger partial charge on any atom is -0.480 e. The third-order valence-electron chi connectivity index (χ3n) is 4.55. The van der Waals surface area contributed by atoms with Gasteiger partial charge in [-0.1, -0.05) is 13.8 Å². The summed E-state index contributed by atoms with van der Waals surface area (Å²) in [6.07, 6.45) is 3.90. The van der Waals surface area contributed by atoms with Gasteiger partial charge in [0.1, 0.15) is 12.1 Å². The highest BCUT2D eigenvalue weighted by Gasteiger charge is 2.36. The quantitative estimate of drug-likeness (QED) is 0.365. The van der Waals surface area contributed by atoms with E-state index in [-0.39, 0.29) is 18.4 Å². The summed E-state index contributed by atoms with van der Waals surface area (Å²) in [6.45, 7) is 4.08. The van der Waals surface area contributed by atoms with Gasteiger partial charge in [0, 0.05) is 6.54 Å². The summed E-state index contributed by atoms with van der Waals surface area (Å²) in [6, 6.07) is -2.29. The van der Waals surface area contributed by atoms with Crippen LogP contribution in [0.2, 0.25) is 0 Å². The maximum absolute atomic E-state index is 12.5. The number of carbonyl (C=O) groups is 4. The van der Waals surface area contributed by atoms with E-state index in [9.17, 15) is 19.2 Å². The van der Waals surface area contributed by atoms with E-state index in [4.69, 9.17) is 10.8 Å². The van der Waals surface area contributed by atoms with Crippen LogP contribution in [0.4, 0.5) is 0 Å². The number of amides is 3. The Kier molecular flexibility index (Phi) is 10.3. The summed E-state index contributed by atoms with van der Waals surface area (Å²) < 4.78 is 0. The molecule has 1 fully saturated rings. The summed E-state index contributed by atoms with van der Waals surface area (Å²) in [7, 11) is 0. The Morgan fingerprint density at radius 3 is 2.54 bits per heavy atom. The molecule has 1 saturated heterocycles. The molecule has 1 heterocycles.